The normalized spacial score (nSPS) is 12.8. The molecule has 0 aromatic heterocycles. The zero-order chi connectivity index (χ0) is 21.1. The number of rotatable bonds is 6. The van der Waals surface area contributed by atoms with E-state index in [1.807, 2.05) is 0 Å². The van der Waals surface area contributed by atoms with E-state index in [2.05, 4.69) is 78.8 Å². The van der Waals surface area contributed by atoms with Crippen molar-refractivity contribution >= 4 is 19.2 Å². The SMILES string of the molecule is COCOc1c(Pc2ccc(C)cc2CO)cc(C(C)(C)C)cc1C(C)(C)C. The van der Waals surface area contributed by atoms with Gasteiger partial charge in [-0.05, 0) is 40.3 Å². The second kappa shape index (κ2) is 8.95. The smallest absolute Gasteiger partial charge is 0.188 e. The minimum Gasteiger partial charge on any atom is -0.467 e. The van der Waals surface area contributed by atoms with E-state index in [0.29, 0.717) is 8.58 Å². The van der Waals surface area contributed by atoms with Gasteiger partial charge >= 0.3 is 0 Å². The van der Waals surface area contributed by atoms with Gasteiger partial charge in [0, 0.05) is 18.0 Å². The average Bonchev–Trinajstić information content (AvgIpc) is 2.59. The molecule has 0 aliphatic rings. The minimum atomic E-state index is -0.0589. The first-order chi connectivity index (χ1) is 13.0. The zero-order valence-electron chi connectivity index (χ0n) is 18.6. The van der Waals surface area contributed by atoms with Crippen LogP contribution in [0.3, 0.4) is 0 Å². The van der Waals surface area contributed by atoms with Gasteiger partial charge in [-0.1, -0.05) is 80.0 Å². The number of benzene rings is 2. The molecule has 1 unspecified atom stereocenters. The van der Waals surface area contributed by atoms with Crippen molar-refractivity contribution in [1.29, 1.82) is 0 Å². The molecular weight excluding hydrogens is 367 g/mol. The highest BCUT2D eigenvalue weighted by molar-refractivity contribution is 7.55. The van der Waals surface area contributed by atoms with Crippen LogP contribution >= 0.6 is 8.58 Å². The summed E-state index contributed by atoms with van der Waals surface area (Å²) >= 11 is 0. The van der Waals surface area contributed by atoms with Crippen LogP contribution in [0.5, 0.6) is 5.75 Å². The molecule has 2 aromatic carbocycles. The highest BCUT2D eigenvalue weighted by Crippen LogP contribution is 2.37. The second-order valence-corrected chi connectivity index (χ2v) is 10.7. The van der Waals surface area contributed by atoms with Crippen LogP contribution in [0.25, 0.3) is 0 Å². The molecule has 0 aliphatic carbocycles. The van der Waals surface area contributed by atoms with Crippen LogP contribution in [-0.4, -0.2) is 19.0 Å². The predicted molar refractivity (Wildman–Crippen MR) is 121 cm³/mol. The molecule has 4 heteroatoms. The van der Waals surface area contributed by atoms with Gasteiger partial charge in [-0.2, -0.15) is 0 Å². The van der Waals surface area contributed by atoms with Crippen LogP contribution in [-0.2, 0) is 22.2 Å². The summed E-state index contributed by atoms with van der Waals surface area (Å²) in [6.07, 6.45) is 0. The molecule has 1 N–H and O–H groups in total. The Labute approximate surface area is 172 Å². The van der Waals surface area contributed by atoms with Crippen molar-refractivity contribution in [2.24, 2.45) is 0 Å². The maximum Gasteiger partial charge on any atom is 0.188 e. The van der Waals surface area contributed by atoms with E-state index in [1.165, 1.54) is 11.1 Å². The summed E-state index contributed by atoms with van der Waals surface area (Å²) in [4.78, 5) is 0. The Balaban J connectivity index is 2.68. The predicted octanol–water partition coefficient (Wildman–Crippen LogP) is 4.69. The highest BCUT2D eigenvalue weighted by Gasteiger charge is 2.26. The fourth-order valence-electron chi connectivity index (χ4n) is 3.11. The number of methoxy groups -OCH3 is 1. The van der Waals surface area contributed by atoms with Crippen molar-refractivity contribution in [2.45, 2.75) is 65.9 Å². The molecule has 0 radical (unpaired) electrons. The number of ether oxygens (including phenoxy) is 2. The van der Waals surface area contributed by atoms with Crippen molar-refractivity contribution in [1.82, 2.24) is 0 Å². The molecule has 0 aliphatic heterocycles. The van der Waals surface area contributed by atoms with E-state index in [0.717, 1.165) is 27.5 Å². The van der Waals surface area contributed by atoms with Crippen LogP contribution < -0.4 is 15.3 Å². The Hall–Kier alpha value is -1.41. The lowest BCUT2D eigenvalue weighted by molar-refractivity contribution is 0.0506. The Kier molecular flexibility index (Phi) is 7.31. The van der Waals surface area contributed by atoms with Gasteiger partial charge in [0.15, 0.2) is 6.79 Å². The Morgan fingerprint density at radius 1 is 0.929 bits per heavy atom. The van der Waals surface area contributed by atoms with Crippen LogP contribution in [0.4, 0.5) is 0 Å². The fraction of sp³-hybridized carbons (Fsp3) is 0.500. The molecule has 1 atom stereocenters. The van der Waals surface area contributed by atoms with Gasteiger partial charge < -0.3 is 14.6 Å². The van der Waals surface area contributed by atoms with E-state index < -0.39 is 0 Å². The summed E-state index contributed by atoms with van der Waals surface area (Å²) in [5.74, 6) is 0.908. The summed E-state index contributed by atoms with van der Waals surface area (Å²) in [6.45, 7) is 15.7. The van der Waals surface area contributed by atoms with Gasteiger partial charge in [0.05, 0.1) is 6.61 Å². The molecule has 154 valence electrons. The summed E-state index contributed by atoms with van der Waals surface area (Å²) in [5, 5.41) is 12.2. The highest BCUT2D eigenvalue weighted by atomic mass is 31.1. The van der Waals surface area contributed by atoms with Gasteiger partial charge in [0.25, 0.3) is 0 Å². The summed E-state index contributed by atoms with van der Waals surface area (Å²) in [6, 6.07) is 10.8. The first kappa shape index (κ1) is 22.9. The van der Waals surface area contributed by atoms with Crippen LogP contribution in [0.1, 0.15) is 63.8 Å². The standard InChI is InChI=1S/C24H35O3P/c1-16-9-10-20(17(11-16)14-25)28-21-13-18(23(2,3)4)12-19(24(5,6)7)22(21)27-15-26-8/h9-13,25,28H,14-15H2,1-8H3. The van der Waals surface area contributed by atoms with Gasteiger partial charge in [-0.15, -0.1) is 0 Å². The molecular formula is C24H35O3P. The second-order valence-electron chi connectivity index (χ2n) is 9.40. The Morgan fingerprint density at radius 2 is 1.61 bits per heavy atom. The summed E-state index contributed by atoms with van der Waals surface area (Å²) in [7, 11) is 2.04. The van der Waals surface area contributed by atoms with Crippen molar-refractivity contribution in [3.8, 4) is 5.75 Å². The topological polar surface area (TPSA) is 38.7 Å². The zero-order valence-corrected chi connectivity index (χ0v) is 19.6. The lowest BCUT2D eigenvalue weighted by atomic mass is 9.80. The van der Waals surface area contributed by atoms with Gasteiger partial charge in [-0.25, -0.2) is 0 Å². The number of aliphatic hydroxyl groups is 1. The third-order valence-corrected chi connectivity index (χ3v) is 6.18. The number of aryl methyl sites for hydroxylation is 1. The van der Waals surface area contributed by atoms with Crippen molar-refractivity contribution in [3.63, 3.8) is 0 Å². The Morgan fingerprint density at radius 3 is 2.14 bits per heavy atom. The number of hydrogen-bond acceptors (Lipinski definition) is 3. The van der Waals surface area contributed by atoms with E-state index in [4.69, 9.17) is 9.47 Å². The molecule has 2 rings (SSSR count). The van der Waals surface area contributed by atoms with Crippen LogP contribution in [0, 0.1) is 6.92 Å². The third kappa shape index (κ3) is 5.56. The largest absolute Gasteiger partial charge is 0.467 e. The van der Waals surface area contributed by atoms with E-state index in [1.54, 1.807) is 7.11 Å². The van der Waals surface area contributed by atoms with E-state index >= 15 is 0 Å². The van der Waals surface area contributed by atoms with E-state index in [9.17, 15) is 5.11 Å². The minimum absolute atomic E-state index is 0.0338. The maximum atomic E-state index is 9.85. The first-order valence-electron chi connectivity index (χ1n) is 9.75. The number of hydrogen-bond donors (Lipinski definition) is 1. The molecule has 0 heterocycles. The molecule has 3 nitrogen and oxygen atoms in total. The summed E-state index contributed by atoms with van der Waals surface area (Å²) in [5.41, 5.74) is 4.60. The van der Waals surface area contributed by atoms with Gasteiger partial charge in [0.1, 0.15) is 5.75 Å². The fourth-order valence-corrected chi connectivity index (χ4v) is 4.42. The van der Waals surface area contributed by atoms with Gasteiger partial charge in [0.2, 0.25) is 0 Å². The Bertz CT molecular complexity index is 814. The molecule has 0 saturated carbocycles. The molecule has 2 aromatic rings. The third-order valence-electron chi connectivity index (χ3n) is 4.78. The lowest BCUT2D eigenvalue weighted by Crippen LogP contribution is -2.24. The quantitative estimate of drug-likeness (QED) is 0.563. The molecule has 28 heavy (non-hydrogen) atoms. The summed E-state index contributed by atoms with van der Waals surface area (Å²) < 4.78 is 11.3. The number of aliphatic hydroxyl groups excluding tert-OH is 1. The van der Waals surface area contributed by atoms with Crippen LogP contribution in [0.15, 0.2) is 30.3 Å². The molecule has 0 saturated heterocycles. The lowest BCUT2D eigenvalue weighted by Gasteiger charge is -2.29. The average molecular weight is 403 g/mol. The molecule has 0 amide bonds. The van der Waals surface area contributed by atoms with Gasteiger partial charge in [-0.3, -0.25) is 0 Å². The molecule has 0 fully saturated rings. The molecule has 0 bridgehead atoms. The van der Waals surface area contributed by atoms with Crippen LogP contribution in [0.2, 0.25) is 0 Å². The van der Waals surface area contributed by atoms with Crippen molar-refractivity contribution < 1.29 is 14.6 Å². The van der Waals surface area contributed by atoms with Crippen molar-refractivity contribution in [3.05, 3.63) is 52.6 Å². The maximum absolute atomic E-state index is 9.85. The van der Waals surface area contributed by atoms with Crippen molar-refractivity contribution in [2.75, 3.05) is 13.9 Å². The molecule has 0 spiro atoms. The first-order valence-corrected chi connectivity index (χ1v) is 10.8. The van der Waals surface area contributed by atoms with E-state index in [-0.39, 0.29) is 24.2 Å². The monoisotopic (exact) mass is 402 g/mol.